The Morgan fingerprint density at radius 2 is 1.91 bits per heavy atom. The highest BCUT2D eigenvalue weighted by atomic mass is 35.5. The van der Waals surface area contributed by atoms with Gasteiger partial charge in [0, 0.05) is 17.1 Å². The molecule has 0 aliphatic carbocycles. The molecule has 1 rings (SSSR count). The Hall–Kier alpha value is -1.83. The number of rotatable bonds is 5. The van der Waals surface area contributed by atoms with Crippen molar-refractivity contribution in [3.63, 3.8) is 0 Å². The van der Waals surface area contributed by atoms with Crippen LogP contribution < -0.4 is 5.32 Å². The summed E-state index contributed by atoms with van der Waals surface area (Å²) in [6.07, 6.45) is -3.80. The topological polar surface area (TPSA) is 116 Å². The van der Waals surface area contributed by atoms with Crippen molar-refractivity contribution >= 4 is 23.7 Å². The number of alkyl carbamates (subject to hydrolysis) is 1. The second-order valence-corrected chi connectivity index (χ2v) is 6.31. The number of aliphatic hydroxyl groups is 2. The third kappa shape index (κ3) is 5.70. The van der Waals surface area contributed by atoms with Crippen molar-refractivity contribution < 1.29 is 29.6 Å². The summed E-state index contributed by atoms with van der Waals surface area (Å²) in [5.74, 6) is -1.28. The molecule has 0 saturated heterocycles. The molecular weight excluding hydrogens is 326 g/mol. The number of halogens is 1. The second kappa shape index (κ2) is 7.63. The predicted molar refractivity (Wildman–Crippen MR) is 83.6 cm³/mol. The normalized spacial score (nSPS) is 14.0. The largest absolute Gasteiger partial charge is 0.478 e. The summed E-state index contributed by atoms with van der Waals surface area (Å²) in [7, 11) is 0. The molecular formula is C15H20ClNO6. The Kier molecular flexibility index (Phi) is 6.37. The van der Waals surface area contributed by atoms with E-state index in [2.05, 4.69) is 5.32 Å². The first-order chi connectivity index (χ1) is 10.5. The van der Waals surface area contributed by atoms with Gasteiger partial charge in [-0.15, -0.1) is 0 Å². The fourth-order valence-electron chi connectivity index (χ4n) is 1.83. The Morgan fingerprint density at radius 3 is 2.43 bits per heavy atom. The lowest BCUT2D eigenvalue weighted by Gasteiger charge is -2.23. The molecule has 0 aliphatic heterocycles. The monoisotopic (exact) mass is 345 g/mol. The van der Waals surface area contributed by atoms with E-state index in [1.165, 1.54) is 18.2 Å². The van der Waals surface area contributed by atoms with Crippen LogP contribution in [0.25, 0.3) is 0 Å². The fourth-order valence-corrected chi connectivity index (χ4v) is 2.12. The van der Waals surface area contributed by atoms with Gasteiger partial charge in [0.15, 0.2) is 0 Å². The maximum atomic E-state index is 11.5. The first-order valence-electron chi connectivity index (χ1n) is 6.87. The SMILES string of the molecule is CC(C)(C)OC(=O)NCC(O)C(O)c1c(Cl)cccc1C(=O)O. The number of nitrogens with one attached hydrogen (secondary N) is 1. The molecule has 0 radical (unpaired) electrons. The molecule has 2 unspecified atom stereocenters. The third-order valence-electron chi connectivity index (χ3n) is 2.80. The van der Waals surface area contributed by atoms with Gasteiger partial charge in [0.1, 0.15) is 17.8 Å². The van der Waals surface area contributed by atoms with Crippen molar-refractivity contribution in [3.05, 3.63) is 34.3 Å². The Balaban J connectivity index is 2.80. The van der Waals surface area contributed by atoms with Crippen LogP contribution in [0.3, 0.4) is 0 Å². The summed E-state index contributed by atoms with van der Waals surface area (Å²) in [5.41, 5.74) is -1.03. The number of benzene rings is 1. The molecule has 0 bridgehead atoms. The molecule has 128 valence electrons. The summed E-state index contributed by atoms with van der Waals surface area (Å²) in [6.45, 7) is 4.71. The predicted octanol–water partition coefficient (Wildman–Crippen LogP) is 1.96. The highest BCUT2D eigenvalue weighted by Gasteiger charge is 2.27. The van der Waals surface area contributed by atoms with Crippen LogP contribution in [-0.2, 0) is 4.74 Å². The van der Waals surface area contributed by atoms with E-state index in [0.717, 1.165) is 0 Å². The second-order valence-electron chi connectivity index (χ2n) is 5.90. The molecule has 23 heavy (non-hydrogen) atoms. The molecule has 4 N–H and O–H groups in total. The number of carbonyl (C=O) groups is 2. The van der Waals surface area contributed by atoms with Gasteiger partial charge in [0.2, 0.25) is 0 Å². The minimum absolute atomic E-state index is 0.00807. The molecule has 0 aliphatic rings. The van der Waals surface area contributed by atoms with Crippen molar-refractivity contribution in [1.29, 1.82) is 0 Å². The molecule has 0 spiro atoms. The first kappa shape index (κ1) is 19.2. The van der Waals surface area contributed by atoms with Crippen LogP contribution in [0.2, 0.25) is 5.02 Å². The van der Waals surface area contributed by atoms with Gasteiger partial charge in [0.25, 0.3) is 0 Å². The molecule has 0 aromatic heterocycles. The molecule has 0 fully saturated rings. The number of ether oxygens (including phenoxy) is 1. The molecule has 7 nitrogen and oxygen atoms in total. The van der Waals surface area contributed by atoms with E-state index in [4.69, 9.17) is 21.4 Å². The van der Waals surface area contributed by atoms with Gasteiger partial charge < -0.3 is 25.4 Å². The summed E-state index contributed by atoms with van der Waals surface area (Å²) in [5, 5.41) is 31.6. The van der Waals surface area contributed by atoms with Crippen LogP contribution >= 0.6 is 11.6 Å². The van der Waals surface area contributed by atoms with Gasteiger partial charge >= 0.3 is 12.1 Å². The Bertz CT molecular complexity index is 584. The van der Waals surface area contributed by atoms with Crippen LogP contribution in [0, 0.1) is 0 Å². The molecule has 1 amide bonds. The average Bonchev–Trinajstić information content (AvgIpc) is 2.41. The fraction of sp³-hybridized carbons (Fsp3) is 0.467. The van der Waals surface area contributed by atoms with Crippen molar-refractivity contribution in [1.82, 2.24) is 5.32 Å². The van der Waals surface area contributed by atoms with E-state index in [-0.39, 0.29) is 22.7 Å². The van der Waals surface area contributed by atoms with E-state index in [1.54, 1.807) is 20.8 Å². The summed E-state index contributed by atoms with van der Waals surface area (Å²) >= 11 is 5.92. The number of carboxylic acids is 1. The Labute approximate surface area is 138 Å². The first-order valence-corrected chi connectivity index (χ1v) is 7.25. The zero-order valence-electron chi connectivity index (χ0n) is 13.0. The van der Waals surface area contributed by atoms with Gasteiger partial charge in [-0.05, 0) is 32.9 Å². The van der Waals surface area contributed by atoms with Gasteiger partial charge in [0.05, 0.1) is 5.56 Å². The van der Waals surface area contributed by atoms with E-state index in [0.29, 0.717) is 0 Å². The van der Waals surface area contributed by atoms with E-state index in [9.17, 15) is 19.8 Å². The van der Waals surface area contributed by atoms with Gasteiger partial charge in [-0.2, -0.15) is 0 Å². The molecule has 0 heterocycles. The molecule has 1 aromatic carbocycles. The molecule has 0 saturated carbocycles. The lowest BCUT2D eigenvalue weighted by molar-refractivity contribution is 0.0121. The number of carbonyl (C=O) groups excluding carboxylic acids is 1. The minimum atomic E-state index is -1.58. The van der Waals surface area contributed by atoms with E-state index < -0.39 is 29.9 Å². The van der Waals surface area contributed by atoms with Crippen LogP contribution in [-0.4, -0.2) is 45.6 Å². The number of hydrogen-bond acceptors (Lipinski definition) is 5. The minimum Gasteiger partial charge on any atom is -0.478 e. The summed E-state index contributed by atoms with van der Waals surface area (Å²) in [6, 6.07) is 4.09. The summed E-state index contributed by atoms with van der Waals surface area (Å²) < 4.78 is 5.00. The lowest BCUT2D eigenvalue weighted by Crippen LogP contribution is -2.39. The van der Waals surface area contributed by atoms with Crippen LogP contribution in [0.5, 0.6) is 0 Å². The smallest absolute Gasteiger partial charge is 0.407 e. The van der Waals surface area contributed by atoms with E-state index >= 15 is 0 Å². The molecule has 8 heteroatoms. The van der Waals surface area contributed by atoms with Gasteiger partial charge in [-0.1, -0.05) is 17.7 Å². The van der Waals surface area contributed by atoms with Crippen molar-refractivity contribution in [3.8, 4) is 0 Å². The van der Waals surface area contributed by atoms with Crippen LogP contribution in [0.15, 0.2) is 18.2 Å². The zero-order valence-corrected chi connectivity index (χ0v) is 13.8. The molecule has 2 atom stereocenters. The number of aromatic carboxylic acids is 1. The highest BCUT2D eigenvalue weighted by molar-refractivity contribution is 6.31. The molecule has 1 aromatic rings. The van der Waals surface area contributed by atoms with Crippen molar-refractivity contribution in [2.75, 3.05) is 6.54 Å². The van der Waals surface area contributed by atoms with Crippen molar-refractivity contribution in [2.45, 2.75) is 38.6 Å². The lowest BCUT2D eigenvalue weighted by atomic mass is 9.98. The highest BCUT2D eigenvalue weighted by Crippen LogP contribution is 2.29. The van der Waals surface area contributed by atoms with Gasteiger partial charge in [-0.3, -0.25) is 0 Å². The number of amides is 1. The standard InChI is InChI=1S/C15H20ClNO6/c1-15(2,3)23-14(22)17-7-10(18)12(19)11-8(13(20)21)5-4-6-9(11)16/h4-6,10,12,18-19H,7H2,1-3H3,(H,17,22)(H,20,21). The number of aliphatic hydroxyl groups excluding tert-OH is 2. The van der Waals surface area contributed by atoms with Crippen LogP contribution in [0.4, 0.5) is 4.79 Å². The zero-order chi connectivity index (χ0) is 17.8. The number of carboxylic acid groups (broad SMARTS) is 1. The third-order valence-corrected chi connectivity index (χ3v) is 3.13. The number of hydrogen-bond donors (Lipinski definition) is 4. The van der Waals surface area contributed by atoms with Crippen LogP contribution in [0.1, 0.15) is 42.8 Å². The maximum Gasteiger partial charge on any atom is 0.407 e. The quantitative estimate of drug-likeness (QED) is 0.648. The Morgan fingerprint density at radius 1 is 1.30 bits per heavy atom. The average molecular weight is 346 g/mol. The van der Waals surface area contributed by atoms with Crippen molar-refractivity contribution in [2.24, 2.45) is 0 Å². The maximum absolute atomic E-state index is 11.5. The van der Waals surface area contributed by atoms with Gasteiger partial charge in [-0.25, -0.2) is 9.59 Å². The van der Waals surface area contributed by atoms with E-state index in [1.807, 2.05) is 0 Å². The summed E-state index contributed by atoms with van der Waals surface area (Å²) in [4.78, 5) is 22.7.